The summed E-state index contributed by atoms with van der Waals surface area (Å²) in [6, 6.07) is 5.45. The highest BCUT2D eigenvalue weighted by molar-refractivity contribution is 9.10. The van der Waals surface area contributed by atoms with Gasteiger partial charge in [0.2, 0.25) is 0 Å². The minimum absolute atomic E-state index is 0.189. The maximum atomic E-state index is 11.7. The number of thiophene rings is 1. The van der Waals surface area contributed by atoms with Crippen LogP contribution in [0.15, 0.2) is 32.7 Å². The topological polar surface area (TPSA) is 42.2 Å². The molecule has 2 aromatic rings. The Morgan fingerprint density at radius 1 is 1.47 bits per heavy atom. The number of nitrogens with one attached hydrogen (secondary N) is 1. The lowest BCUT2D eigenvalue weighted by atomic mass is 10.2. The lowest BCUT2D eigenvalue weighted by Gasteiger charge is -2.03. The van der Waals surface area contributed by atoms with Gasteiger partial charge in [0, 0.05) is 4.88 Å². The number of carbonyl (C=O) groups is 1. The van der Waals surface area contributed by atoms with E-state index in [0.717, 1.165) is 6.42 Å². The Labute approximate surface area is 112 Å². The van der Waals surface area contributed by atoms with E-state index in [2.05, 4.69) is 34.2 Å². The molecule has 0 atom stereocenters. The molecular weight excluding hydrogens is 302 g/mol. The van der Waals surface area contributed by atoms with Crippen molar-refractivity contribution < 1.29 is 9.21 Å². The largest absolute Gasteiger partial charge is 0.444 e. The van der Waals surface area contributed by atoms with E-state index in [-0.39, 0.29) is 5.91 Å². The molecule has 90 valence electrons. The van der Waals surface area contributed by atoms with E-state index in [1.54, 1.807) is 23.5 Å². The summed E-state index contributed by atoms with van der Waals surface area (Å²) >= 11 is 4.83. The summed E-state index contributed by atoms with van der Waals surface area (Å²) in [6.07, 6.45) is 0.987. The number of aryl methyl sites for hydroxylation is 1. The van der Waals surface area contributed by atoms with Crippen molar-refractivity contribution in [1.29, 1.82) is 0 Å². The SMILES string of the molecule is CCc1ccsc1CNC(=O)c1ccc(Br)o1. The standard InChI is InChI=1S/C12H12BrNO2S/c1-2-8-5-6-17-10(8)7-14-12(15)9-3-4-11(13)16-9/h3-6H,2,7H2,1H3,(H,14,15). The molecule has 0 aliphatic heterocycles. The van der Waals surface area contributed by atoms with E-state index in [0.29, 0.717) is 17.0 Å². The fourth-order valence-corrected chi connectivity index (χ4v) is 2.74. The van der Waals surface area contributed by atoms with Crippen molar-refractivity contribution in [1.82, 2.24) is 5.32 Å². The fourth-order valence-electron chi connectivity index (χ4n) is 1.52. The van der Waals surface area contributed by atoms with Gasteiger partial charge < -0.3 is 9.73 Å². The molecule has 0 bridgehead atoms. The third-order valence-electron chi connectivity index (χ3n) is 2.43. The normalized spacial score (nSPS) is 10.5. The zero-order valence-corrected chi connectivity index (χ0v) is 11.7. The summed E-state index contributed by atoms with van der Waals surface area (Å²) < 4.78 is 5.74. The van der Waals surface area contributed by atoms with Gasteiger partial charge in [-0.15, -0.1) is 11.3 Å². The minimum Gasteiger partial charge on any atom is -0.444 e. The zero-order valence-electron chi connectivity index (χ0n) is 9.33. The molecule has 0 fully saturated rings. The first-order chi connectivity index (χ1) is 8.20. The van der Waals surface area contributed by atoms with Gasteiger partial charge in [0.1, 0.15) is 0 Å². The van der Waals surface area contributed by atoms with E-state index in [1.807, 2.05) is 5.38 Å². The number of furan rings is 1. The quantitative estimate of drug-likeness (QED) is 0.937. The van der Waals surface area contributed by atoms with Crippen LogP contribution in [0.1, 0.15) is 27.9 Å². The highest BCUT2D eigenvalue weighted by Gasteiger charge is 2.11. The molecule has 0 saturated carbocycles. The number of halogens is 1. The average molecular weight is 314 g/mol. The second kappa shape index (κ2) is 5.51. The third-order valence-corrected chi connectivity index (χ3v) is 3.81. The van der Waals surface area contributed by atoms with Crippen molar-refractivity contribution in [3.63, 3.8) is 0 Å². The van der Waals surface area contributed by atoms with Crippen molar-refractivity contribution in [2.75, 3.05) is 0 Å². The lowest BCUT2D eigenvalue weighted by Crippen LogP contribution is -2.22. The molecule has 2 aromatic heterocycles. The second-order valence-electron chi connectivity index (χ2n) is 3.51. The van der Waals surface area contributed by atoms with Crippen LogP contribution in [-0.4, -0.2) is 5.91 Å². The molecule has 2 heterocycles. The van der Waals surface area contributed by atoms with E-state index in [1.165, 1.54) is 10.4 Å². The van der Waals surface area contributed by atoms with E-state index in [9.17, 15) is 4.79 Å². The maximum Gasteiger partial charge on any atom is 0.287 e. The summed E-state index contributed by atoms with van der Waals surface area (Å²) in [7, 11) is 0. The highest BCUT2D eigenvalue weighted by Crippen LogP contribution is 2.18. The van der Waals surface area contributed by atoms with Gasteiger partial charge in [0.25, 0.3) is 5.91 Å². The Morgan fingerprint density at radius 2 is 2.29 bits per heavy atom. The lowest BCUT2D eigenvalue weighted by molar-refractivity contribution is 0.0922. The fraction of sp³-hybridized carbons (Fsp3) is 0.250. The first kappa shape index (κ1) is 12.4. The molecule has 0 aliphatic rings. The van der Waals surface area contributed by atoms with E-state index < -0.39 is 0 Å². The van der Waals surface area contributed by atoms with Gasteiger partial charge in [0.05, 0.1) is 6.54 Å². The number of hydrogen-bond donors (Lipinski definition) is 1. The van der Waals surface area contributed by atoms with Gasteiger partial charge in [-0.25, -0.2) is 0 Å². The number of rotatable bonds is 4. The zero-order chi connectivity index (χ0) is 12.3. The predicted molar refractivity (Wildman–Crippen MR) is 71.3 cm³/mol. The Balaban J connectivity index is 1.97. The van der Waals surface area contributed by atoms with Crippen LogP contribution in [0.25, 0.3) is 0 Å². The Bertz CT molecular complexity index is 518. The van der Waals surface area contributed by atoms with Gasteiger partial charge in [-0.05, 0) is 51.5 Å². The van der Waals surface area contributed by atoms with E-state index >= 15 is 0 Å². The average Bonchev–Trinajstić information content (AvgIpc) is 2.94. The van der Waals surface area contributed by atoms with Crippen molar-refractivity contribution >= 4 is 33.2 Å². The van der Waals surface area contributed by atoms with Gasteiger partial charge in [-0.3, -0.25) is 4.79 Å². The van der Waals surface area contributed by atoms with Crippen molar-refractivity contribution in [2.45, 2.75) is 19.9 Å². The highest BCUT2D eigenvalue weighted by atomic mass is 79.9. The van der Waals surface area contributed by atoms with Crippen molar-refractivity contribution in [3.8, 4) is 0 Å². The predicted octanol–water partition coefficient (Wildman–Crippen LogP) is 3.60. The molecule has 3 nitrogen and oxygen atoms in total. The maximum absolute atomic E-state index is 11.7. The smallest absolute Gasteiger partial charge is 0.287 e. The number of hydrogen-bond acceptors (Lipinski definition) is 3. The molecule has 0 radical (unpaired) electrons. The monoisotopic (exact) mass is 313 g/mol. The Morgan fingerprint density at radius 3 is 2.94 bits per heavy atom. The first-order valence-corrected chi connectivity index (χ1v) is 6.96. The summed E-state index contributed by atoms with van der Waals surface area (Å²) in [4.78, 5) is 12.9. The molecule has 0 unspecified atom stereocenters. The molecule has 0 aliphatic carbocycles. The second-order valence-corrected chi connectivity index (χ2v) is 5.29. The molecule has 1 N–H and O–H groups in total. The molecule has 0 saturated heterocycles. The number of carbonyl (C=O) groups excluding carboxylic acids is 1. The third kappa shape index (κ3) is 2.98. The van der Waals surface area contributed by atoms with Crippen LogP contribution >= 0.6 is 27.3 Å². The van der Waals surface area contributed by atoms with Crippen LogP contribution in [0.5, 0.6) is 0 Å². The molecule has 0 aromatic carbocycles. The minimum atomic E-state index is -0.189. The number of amides is 1. The van der Waals surface area contributed by atoms with E-state index in [4.69, 9.17) is 4.42 Å². The van der Waals surface area contributed by atoms with Crippen LogP contribution in [0.4, 0.5) is 0 Å². The molecular formula is C12H12BrNO2S. The summed E-state index contributed by atoms with van der Waals surface area (Å²) in [5, 5.41) is 4.89. The molecule has 1 amide bonds. The molecule has 0 spiro atoms. The van der Waals surface area contributed by atoms with Gasteiger partial charge in [-0.2, -0.15) is 0 Å². The molecule has 5 heteroatoms. The van der Waals surface area contributed by atoms with Crippen LogP contribution in [0, 0.1) is 0 Å². The van der Waals surface area contributed by atoms with Gasteiger partial charge in [-0.1, -0.05) is 6.92 Å². The Kier molecular flexibility index (Phi) is 4.02. The first-order valence-electron chi connectivity index (χ1n) is 5.29. The summed E-state index contributed by atoms with van der Waals surface area (Å²) in [5.74, 6) is 0.137. The summed E-state index contributed by atoms with van der Waals surface area (Å²) in [6.45, 7) is 2.66. The van der Waals surface area contributed by atoms with Crippen molar-refractivity contribution in [3.05, 3.63) is 44.4 Å². The van der Waals surface area contributed by atoms with Gasteiger partial charge >= 0.3 is 0 Å². The summed E-state index contributed by atoms with van der Waals surface area (Å²) in [5.41, 5.74) is 1.29. The van der Waals surface area contributed by atoms with Crippen LogP contribution < -0.4 is 5.32 Å². The Hall–Kier alpha value is -1.07. The van der Waals surface area contributed by atoms with Crippen LogP contribution in [0.3, 0.4) is 0 Å². The van der Waals surface area contributed by atoms with Gasteiger partial charge in [0.15, 0.2) is 10.4 Å². The van der Waals surface area contributed by atoms with Crippen LogP contribution in [0.2, 0.25) is 0 Å². The molecule has 17 heavy (non-hydrogen) atoms. The molecule has 2 rings (SSSR count). The van der Waals surface area contributed by atoms with Crippen molar-refractivity contribution in [2.24, 2.45) is 0 Å². The van der Waals surface area contributed by atoms with Crippen LogP contribution in [-0.2, 0) is 13.0 Å².